The third-order valence-electron chi connectivity index (χ3n) is 4.43. The Balaban J connectivity index is 2.05. The Morgan fingerprint density at radius 2 is 1.90 bits per heavy atom. The summed E-state index contributed by atoms with van der Waals surface area (Å²) in [5.41, 5.74) is 7.30. The standard InChI is InChI=1S/C17H27N3O/c1-11(2)15-9-14(10-16(18)20-15)17(21)19-12(3)13-7-5-4-6-8-13/h9-13H,4-8H2,1-3H3,(H2,18,20)(H,19,21). The Kier molecular flexibility index (Phi) is 5.21. The summed E-state index contributed by atoms with van der Waals surface area (Å²) in [5.74, 6) is 1.24. The maximum absolute atomic E-state index is 12.4. The van der Waals surface area contributed by atoms with E-state index in [4.69, 9.17) is 5.73 Å². The number of hydrogen-bond donors (Lipinski definition) is 2. The SMILES string of the molecule is CC(C)c1cc(C(=O)NC(C)C2CCCCC2)cc(N)n1. The third kappa shape index (κ3) is 4.19. The van der Waals surface area contributed by atoms with Crippen molar-refractivity contribution in [1.29, 1.82) is 0 Å². The molecular weight excluding hydrogens is 262 g/mol. The minimum atomic E-state index is -0.0379. The fourth-order valence-electron chi connectivity index (χ4n) is 3.04. The largest absolute Gasteiger partial charge is 0.384 e. The number of rotatable bonds is 4. The highest BCUT2D eigenvalue weighted by Crippen LogP contribution is 2.26. The molecule has 0 spiro atoms. The van der Waals surface area contributed by atoms with E-state index in [-0.39, 0.29) is 17.9 Å². The van der Waals surface area contributed by atoms with E-state index < -0.39 is 0 Å². The molecule has 21 heavy (non-hydrogen) atoms. The molecule has 1 atom stereocenters. The molecule has 0 aliphatic heterocycles. The molecular formula is C17H27N3O. The summed E-state index contributed by atoms with van der Waals surface area (Å²) in [7, 11) is 0. The molecule has 0 aromatic carbocycles. The van der Waals surface area contributed by atoms with Crippen molar-refractivity contribution in [3.05, 3.63) is 23.4 Å². The zero-order valence-corrected chi connectivity index (χ0v) is 13.4. The van der Waals surface area contributed by atoms with Crippen LogP contribution in [0.15, 0.2) is 12.1 Å². The minimum absolute atomic E-state index is 0.0379. The van der Waals surface area contributed by atoms with Gasteiger partial charge in [-0.1, -0.05) is 33.1 Å². The van der Waals surface area contributed by atoms with Crippen molar-refractivity contribution >= 4 is 11.7 Å². The van der Waals surface area contributed by atoms with Crippen molar-refractivity contribution in [2.24, 2.45) is 5.92 Å². The van der Waals surface area contributed by atoms with E-state index in [0.717, 1.165) is 5.69 Å². The van der Waals surface area contributed by atoms with Gasteiger partial charge in [0.05, 0.1) is 0 Å². The van der Waals surface area contributed by atoms with Gasteiger partial charge in [0, 0.05) is 17.3 Å². The van der Waals surface area contributed by atoms with Crippen LogP contribution in [0.2, 0.25) is 0 Å². The predicted molar refractivity (Wildman–Crippen MR) is 86.2 cm³/mol. The van der Waals surface area contributed by atoms with Crippen molar-refractivity contribution in [2.45, 2.75) is 64.8 Å². The van der Waals surface area contributed by atoms with Gasteiger partial charge in [0.15, 0.2) is 0 Å². The first-order valence-corrected chi connectivity index (χ1v) is 8.05. The number of nitrogens with two attached hydrogens (primary N) is 1. The number of amides is 1. The Morgan fingerprint density at radius 3 is 2.52 bits per heavy atom. The first-order valence-electron chi connectivity index (χ1n) is 8.05. The summed E-state index contributed by atoms with van der Waals surface area (Å²) >= 11 is 0. The Hall–Kier alpha value is -1.58. The Bertz CT molecular complexity index is 493. The van der Waals surface area contributed by atoms with E-state index in [1.807, 2.05) is 19.9 Å². The number of hydrogen-bond acceptors (Lipinski definition) is 3. The molecule has 1 aromatic rings. The number of carbonyl (C=O) groups excluding carboxylic acids is 1. The van der Waals surface area contributed by atoms with Gasteiger partial charge < -0.3 is 11.1 Å². The lowest BCUT2D eigenvalue weighted by Crippen LogP contribution is -2.39. The van der Waals surface area contributed by atoms with Crippen LogP contribution in [-0.2, 0) is 0 Å². The van der Waals surface area contributed by atoms with E-state index in [9.17, 15) is 4.79 Å². The summed E-state index contributed by atoms with van der Waals surface area (Å²) in [6.07, 6.45) is 6.33. The fraction of sp³-hybridized carbons (Fsp3) is 0.647. The average molecular weight is 289 g/mol. The molecule has 0 radical (unpaired) electrons. The van der Waals surface area contributed by atoms with Crippen LogP contribution in [0.5, 0.6) is 0 Å². The van der Waals surface area contributed by atoms with Crippen LogP contribution in [-0.4, -0.2) is 16.9 Å². The molecule has 116 valence electrons. The monoisotopic (exact) mass is 289 g/mol. The molecule has 0 saturated heterocycles. The maximum Gasteiger partial charge on any atom is 0.251 e. The number of nitrogen functional groups attached to an aromatic ring is 1. The molecule has 1 saturated carbocycles. The third-order valence-corrected chi connectivity index (χ3v) is 4.43. The molecule has 0 bridgehead atoms. The van der Waals surface area contributed by atoms with Crippen LogP contribution in [0.25, 0.3) is 0 Å². The molecule has 3 N–H and O–H groups in total. The Labute approximate surface area is 127 Å². The molecule has 1 aromatic heterocycles. The van der Waals surface area contributed by atoms with Crippen LogP contribution in [0.1, 0.15) is 74.8 Å². The van der Waals surface area contributed by atoms with Gasteiger partial charge in [-0.25, -0.2) is 4.98 Å². The topological polar surface area (TPSA) is 68.0 Å². The fourth-order valence-corrected chi connectivity index (χ4v) is 3.04. The van der Waals surface area contributed by atoms with Crippen LogP contribution < -0.4 is 11.1 Å². The second-order valence-electron chi connectivity index (χ2n) is 6.52. The lowest BCUT2D eigenvalue weighted by molar-refractivity contribution is 0.0919. The van der Waals surface area contributed by atoms with Crippen molar-refractivity contribution < 1.29 is 4.79 Å². The average Bonchev–Trinajstić information content (AvgIpc) is 2.47. The van der Waals surface area contributed by atoms with Crippen LogP contribution in [0.3, 0.4) is 0 Å². The second-order valence-corrected chi connectivity index (χ2v) is 6.52. The molecule has 4 heteroatoms. The van der Waals surface area contributed by atoms with Crippen molar-refractivity contribution in [1.82, 2.24) is 10.3 Å². The Morgan fingerprint density at radius 1 is 1.24 bits per heavy atom. The molecule has 2 rings (SSSR count). The van der Waals surface area contributed by atoms with E-state index in [1.54, 1.807) is 6.07 Å². The van der Waals surface area contributed by atoms with E-state index in [1.165, 1.54) is 32.1 Å². The van der Waals surface area contributed by atoms with Crippen molar-refractivity contribution in [2.75, 3.05) is 5.73 Å². The van der Waals surface area contributed by atoms with E-state index in [2.05, 4.69) is 17.2 Å². The molecule has 1 aliphatic carbocycles. The van der Waals surface area contributed by atoms with Gasteiger partial charge in [0.25, 0.3) is 5.91 Å². The van der Waals surface area contributed by atoms with Crippen LogP contribution in [0.4, 0.5) is 5.82 Å². The van der Waals surface area contributed by atoms with Crippen molar-refractivity contribution in [3.63, 3.8) is 0 Å². The van der Waals surface area contributed by atoms with Gasteiger partial charge in [-0.3, -0.25) is 4.79 Å². The predicted octanol–water partition coefficient (Wildman–Crippen LogP) is 3.49. The molecule has 1 heterocycles. The number of aromatic nitrogens is 1. The summed E-state index contributed by atoms with van der Waals surface area (Å²) < 4.78 is 0. The zero-order chi connectivity index (χ0) is 15.4. The van der Waals surface area contributed by atoms with Gasteiger partial charge in [0.2, 0.25) is 0 Å². The summed E-state index contributed by atoms with van der Waals surface area (Å²) in [5, 5.41) is 3.14. The molecule has 1 unspecified atom stereocenters. The van der Waals surface area contributed by atoms with Gasteiger partial charge >= 0.3 is 0 Å². The van der Waals surface area contributed by atoms with E-state index >= 15 is 0 Å². The van der Waals surface area contributed by atoms with E-state index in [0.29, 0.717) is 17.3 Å². The van der Waals surface area contributed by atoms with Gasteiger partial charge in [-0.05, 0) is 43.7 Å². The highest BCUT2D eigenvalue weighted by Gasteiger charge is 2.22. The quantitative estimate of drug-likeness (QED) is 0.891. The van der Waals surface area contributed by atoms with Gasteiger partial charge in [-0.2, -0.15) is 0 Å². The summed E-state index contributed by atoms with van der Waals surface area (Å²) in [6.45, 7) is 6.21. The highest BCUT2D eigenvalue weighted by molar-refractivity contribution is 5.95. The smallest absolute Gasteiger partial charge is 0.251 e. The normalized spacial score (nSPS) is 17.7. The molecule has 1 fully saturated rings. The number of carbonyl (C=O) groups is 1. The first-order chi connectivity index (χ1) is 9.97. The number of anilines is 1. The molecule has 1 aliphatic rings. The number of pyridine rings is 1. The maximum atomic E-state index is 12.4. The second kappa shape index (κ2) is 6.92. The highest BCUT2D eigenvalue weighted by atomic mass is 16.1. The van der Waals surface area contributed by atoms with Crippen LogP contribution >= 0.6 is 0 Å². The number of nitrogens with one attached hydrogen (secondary N) is 1. The van der Waals surface area contributed by atoms with Gasteiger partial charge in [-0.15, -0.1) is 0 Å². The summed E-state index contributed by atoms with van der Waals surface area (Å²) in [4.78, 5) is 16.7. The van der Waals surface area contributed by atoms with Crippen LogP contribution in [0, 0.1) is 5.92 Å². The number of nitrogens with zero attached hydrogens (tertiary/aromatic N) is 1. The molecule has 1 amide bonds. The minimum Gasteiger partial charge on any atom is -0.384 e. The summed E-state index contributed by atoms with van der Waals surface area (Å²) in [6, 6.07) is 3.73. The lowest BCUT2D eigenvalue weighted by Gasteiger charge is -2.28. The molecule has 4 nitrogen and oxygen atoms in total. The lowest BCUT2D eigenvalue weighted by atomic mass is 9.84. The zero-order valence-electron chi connectivity index (χ0n) is 13.4. The van der Waals surface area contributed by atoms with Crippen molar-refractivity contribution in [3.8, 4) is 0 Å². The first kappa shape index (κ1) is 15.8. The van der Waals surface area contributed by atoms with Gasteiger partial charge in [0.1, 0.15) is 5.82 Å².